The van der Waals surface area contributed by atoms with Gasteiger partial charge in [-0.15, -0.1) is 0 Å². The van der Waals surface area contributed by atoms with Gasteiger partial charge in [0.05, 0.1) is 7.11 Å². The molecule has 6 nitrogen and oxygen atoms in total. The van der Waals surface area contributed by atoms with Crippen molar-refractivity contribution in [3.63, 3.8) is 0 Å². The minimum Gasteiger partial charge on any atom is -0.467 e. The van der Waals surface area contributed by atoms with Crippen LogP contribution in [0.1, 0.15) is 19.4 Å². The molecule has 1 heterocycles. The molecule has 0 aliphatic carbocycles. The van der Waals surface area contributed by atoms with Crippen molar-refractivity contribution in [2.24, 2.45) is 5.92 Å². The number of nitrogens with one attached hydrogen (secondary N) is 2. The summed E-state index contributed by atoms with van der Waals surface area (Å²) in [7, 11) is 3.12. The highest BCUT2D eigenvalue weighted by Crippen LogP contribution is 2.16. The van der Waals surface area contributed by atoms with Crippen LogP contribution in [0, 0.1) is 12.8 Å². The lowest BCUT2D eigenvalue weighted by atomic mass is 10.0. The fourth-order valence-corrected chi connectivity index (χ4v) is 1.48. The number of hydrogen-bond acceptors (Lipinski definition) is 6. The third kappa shape index (κ3) is 3.32. The maximum Gasteiger partial charge on any atom is 0.328 e. The lowest BCUT2D eigenvalue weighted by Crippen LogP contribution is -2.36. The standard InChI is InChI=1S/C12H20N4O2/c1-7(2)9(11(17)18-5)15-10-8(3)6-14-12(13-4)16-10/h6-7,9H,1-5H3,(H2,13,14,15,16). The molecule has 0 spiro atoms. The molecule has 6 heteroatoms. The highest BCUT2D eigenvalue weighted by molar-refractivity contribution is 5.79. The van der Waals surface area contributed by atoms with E-state index in [0.29, 0.717) is 11.8 Å². The Morgan fingerprint density at radius 3 is 2.61 bits per heavy atom. The Labute approximate surface area is 107 Å². The molecule has 1 aromatic heterocycles. The molecule has 0 saturated heterocycles. The number of carbonyl (C=O) groups excluding carboxylic acids is 1. The number of aryl methyl sites for hydroxylation is 1. The summed E-state index contributed by atoms with van der Waals surface area (Å²) in [5, 5.41) is 5.97. The minimum absolute atomic E-state index is 0.102. The van der Waals surface area contributed by atoms with Crippen molar-refractivity contribution in [1.82, 2.24) is 9.97 Å². The van der Waals surface area contributed by atoms with Crippen LogP contribution in [0.15, 0.2) is 6.20 Å². The Hall–Kier alpha value is -1.85. The molecule has 0 aromatic carbocycles. The SMILES string of the molecule is CNc1ncc(C)c(NC(C(=O)OC)C(C)C)n1. The molecule has 0 radical (unpaired) electrons. The average Bonchev–Trinajstić information content (AvgIpc) is 2.36. The first-order chi connectivity index (χ1) is 8.49. The Balaban J connectivity index is 2.96. The molecule has 0 bridgehead atoms. The molecule has 1 aromatic rings. The lowest BCUT2D eigenvalue weighted by Gasteiger charge is -2.21. The number of nitrogens with zero attached hydrogens (tertiary/aromatic N) is 2. The van der Waals surface area contributed by atoms with E-state index in [9.17, 15) is 4.79 Å². The molecule has 0 saturated carbocycles. The van der Waals surface area contributed by atoms with E-state index >= 15 is 0 Å². The fourth-order valence-electron chi connectivity index (χ4n) is 1.48. The number of aromatic nitrogens is 2. The van der Waals surface area contributed by atoms with E-state index in [1.54, 1.807) is 13.2 Å². The van der Waals surface area contributed by atoms with Gasteiger partial charge in [0.2, 0.25) is 5.95 Å². The smallest absolute Gasteiger partial charge is 0.328 e. The first-order valence-electron chi connectivity index (χ1n) is 5.85. The van der Waals surface area contributed by atoms with E-state index in [1.807, 2.05) is 20.8 Å². The molecule has 0 aliphatic rings. The summed E-state index contributed by atoms with van der Waals surface area (Å²) in [6.45, 7) is 5.78. The maximum absolute atomic E-state index is 11.7. The second-order valence-corrected chi connectivity index (χ2v) is 4.36. The second-order valence-electron chi connectivity index (χ2n) is 4.36. The highest BCUT2D eigenvalue weighted by Gasteiger charge is 2.23. The van der Waals surface area contributed by atoms with Crippen molar-refractivity contribution in [3.8, 4) is 0 Å². The van der Waals surface area contributed by atoms with Crippen LogP contribution in [0.5, 0.6) is 0 Å². The quantitative estimate of drug-likeness (QED) is 0.772. The third-order valence-electron chi connectivity index (χ3n) is 2.61. The average molecular weight is 252 g/mol. The van der Waals surface area contributed by atoms with E-state index in [2.05, 4.69) is 20.6 Å². The summed E-state index contributed by atoms with van der Waals surface area (Å²) >= 11 is 0. The topological polar surface area (TPSA) is 76.1 Å². The number of anilines is 2. The molecule has 100 valence electrons. The van der Waals surface area contributed by atoms with Crippen molar-refractivity contribution in [2.75, 3.05) is 24.8 Å². The van der Waals surface area contributed by atoms with Gasteiger partial charge in [-0.3, -0.25) is 0 Å². The Bertz CT molecular complexity index is 421. The summed E-state index contributed by atoms with van der Waals surface area (Å²) < 4.78 is 4.78. The van der Waals surface area contributed by atoms with Crippen molar-refractivity contribution < 1.29 is 9.53 Å². The predicted octanol–water partition coefficient (Wildman–Crippen LogP) is 1.44. The zero-order chi connectivity index (χ0) is 13.7. The van der Waals surface area contributed by atoms with Crippen molar-refractivity contribution in [3.05, 3.63) is 11.8 Å². The third-order valence-corrected chi connectivity index (χ3v) is 2.61. The Morgan fingerprint density at radius 2 is 2.11 bits per heavy atom. The van der Waals surface area contributed by atoms with Crippen LogP contribution < -0.4 is 10.6 Å². The lowest BCUT2D eigenvalue weighted by molar-refractivity contribution is -0.142. The van der Waals surface area contributed by atoms with E-state index in [1.165, 1.54) is 7.11 Å². The van der Waals surface area contributed by atoms with Gasteiger partial charge in [-0.05, 0) is 12.8 Å². The van der Waals surface area contributed by atoms with Gasteiger partial charge in [-0.2, -0.15) is 4.98 Å². The minimum atomic E-state index is -0.423. The monoisotopic (exact) mass is 252 g/mol. The molecule has 2 N–H and O–H groups in total. The molecule has 18 heavy (non-hydrogen) atoms. The van der Waals surface area contributed by atoms with E-state index in [0.717, 1.165) is 5.56 Å². The number of ether oxygens (including phenoxy) is 1. The number of carbonyl (C=O) groups is 1. The van der Waals surface area contributed by atoms with Crippen LogP contribution in [0.25, 0.3) is 0 Å². The van der Waals surface area contributed by atoms with Crippen LogP contribution in [0.2, 0.25) is 0 Å². The number of hydrogen-bond donors (Lipinski definition) is 2. The van der Waals surface area contributed by atoms with Gasteiger partial charge in [-0.25, -0.2) is 9.78 Å². The summed E-state index contributed by atoms with van der Waals surface area (Å²) in [4.78, 5) is 20.1. The molecule has 0 fully saturated rings. The van der Waals surface area contributed by atoms with Gasteiger partial charge in [0, 0.05) is 18.8 Å². The summed E-state index contributed by atoms with van der Waals surface area (Å²) in [5.74, 6) is 0.952. The zero-order valence-electron chi connectivity index (χ0n) is 11.4. The van der Waals surface area contributed by atoms with Crippen LogP contribution in [-0.2, 0) is 9.53 Å². The van der Waals surface area contributed by atoms with Crippen LogP contribution in [-0.4, -0.2) is 36.1 Å². The molecule has 0 amide bonds. The van der Waals surface area contributed by atoms with Gasteiger partial charge >= 0.3 is 5.97 Å². The van der Waals surface area contributed by atoms with Gasteiger partial charge < -0.3 is 15.4 Å². The number of rotatable bonds is 5. The number of methoxy groups -OCH3 is 1. The predicted molar refractivity (Wildman–Crippen MR) is 70.6 cm³/mol. The van der Waals surface area contributed by atoms with E-state index in [-0.39, 0.29) is 11.9 Å². The van der Waals surface area contributed by atoms with E-state index < -0.39 is 6.04 Å². The van der Waals surface area contributed by atoms with Crippen LogP contribution in [0.3, 0.4) is 0 Å². The number of esters is 1. The molecule has 1 rings (SSSR count). The van der Waals surface area contributed by atoms with Gasteiger partial charge in [0.25, 0.3) is 0 Å². The normalized spacial score (nSPS) is 12.1. The van der Waals surface area contributed by atoms with Gasteiger partial charge in [0.15, 0.2) is 0 Å². The fraction of sp³-hybridized carbons (Fsp3) is 0.583. The van der Waals surface area contributed by atoms with Crippen molar-refractivity contribution in [1.29, 1.82) is 0 Å². The first kappa shape index (κ1) is 14.2. The zero-order valence-corrected chi connectivity index (χ0v) is 11.4. The summed E-state index contributed by atoms with van der Waals surface area (Å²) in [6.07, 6.45) is 1.70. The summed E-state index contributed by atoms with van der Waals surface area (Å²) in [5.41, 5.74) is 0.878. The highest BCUT2D eigenvalue weighted by atomic mass is 16.5. The van der Waals surface area contributed by atoms with E-state index in [4.69, 9.17) is 4.74 Å². The first-order valence-corrected chi connectivity index (χ1v) is 5.85. The molecule has 0 aliphatic heterocycles. The second kappa shape index (κ2) is 6.18. The molecular formula is C12H20N4O2. The summed E-state index contributed by atoms with van der Waals surface area (Å²) in [6, 6.07) is -0.423. The van der Waals surface area contributed by atoms with Crippen molar-refractivity contribution in [2.45, 2.75) is 26.8 Å². The van der Waals surface area contributed by atoms with Crippen molar-refractivity contribution >= 4 is 17.7 Å². The molecule has 1 unspecified atom stereocenters. The van der Waals surface area contributed by atoms with Crippen LogP contribution in [0.4, 0.5) is 11.8 Å². The largest absolute Gasteiger partial charge is 0.467 e. The Morgan fingerprint density at radius 1 is 1.44 bits per heavy atom. The maximum atomic E-state index is 11.7. The Kier molecular flexibility index (Phi) is 4.88. The molecular weight excluding hydrogens is 232 g/mol. The van der Waals surface area contributed by atoms with Crippen LogP contribution >= 0.6 is 0 Å². The van der Waals surface area contributed by atoms with Gasteiger partial charge in [0.1, 0.15) is 11.9 Å². The molecule has 1 atom stereocenters. The van der Waals surface area contributed by atoms with Gasteiger partial charge in [-0.1, -0.05) is 13.8 Å².